The van der Waals surface area contributed by atoms with Crippen LogP contribution >= 0.6 is 11.6 Å². The molecule has 1 fully saturated rings. The van der Waals surface area contributed by atoms with Gasteiger partial charge in [0, 0.05) is 23.7 Å². The minimum atomic E-state index is -1.65. The van der Waals surface area contributed by atoms with Gasteiger partial charge in [-0.3, -0.25) is 14.4 Å². The van der Waals surface area contributed by atoms with Crippen LogP contribution in [0.5, 0.6) is 0 Å². The van der Waals surface area contributed by atoms with Crippen molar-refractivity contribution < 1.29 is 18.7 Å². The maximum absolute atomic E-state index is 14.7. The van der Waals surface area contributed by atoms with Crippen molar-refractivity contribution >= 4 is 40.1 Å². The van der Waals surface area contributed by atoms with Gasteiger partial charge in [0.15, 0.2) is 11.0 Å². The number of halogens is 1. The fraction of sp³-hybridized carbons (Fsp3) is 0.233. The quantitative estimate of drug-likeness (QED) is 0.379. The predicted molar refractivity (Wildman–Crippen MR) is 142 cm³/mol. The number of rotatable bonds is 4. The summed E-state index contributed by atoms with van der Waals surface area (Å²) in [4.78, 5) is 46.1. The van der Waals surface area contributed by atoms with Crippen LogP contribution in [0.4, 0.5) is 5.69 Å². The van der Waals surface area contributed by atoms with Gasteiger partial charge in [0.1, 0.15) is 5.58 Å². The highest BCUT2D eigenvalue weighted by molar-refractivity contribution is 6.30. The smallest absolute Gasteiger partial charge is 0.291 e. The molecular weight excluding hydrogens is 504 g/mol. The molecule has 3 aliphatic heterocycles. The van der Waals surface area contributed by atoms with Crippen LogP contribution < -0.4 is 10.3 Å². The Kier molecular flexibility index (Phi) is 5.22. The molecule has 7 nitrogen and oxygen atoms in total. The first-order chi connectivity index (χ1) is 18.5. The van der Waals surface area contributed by atoms with Crippen LogP contribution in [-0.2, 0) is 21.6 Å². The van der Waals surface area contributed by atoms with Gasteiger partial charge in [-0.2, -0.15) is 0 Å². The molecule has 8 heteroatoms. The van der Waals surface area contributed by atoms with E-state index in [9.17, 15) is 14.4 Å². The van der Waals surface area contributed by atoms with Crippen molar-refractivity contribution in [3.63, 3.8) is 0 Å². The average molecular weight is 527 g/mol. The minimum absolute atomic E-state index is 0.0789. The molecule has 0 N–H and O–H groups in total. The zero-order valence-electron chi connectivity index (χ0n) is 20.4. The topological polar surface area (TPSA) is 80.1 Å². The molecule has 0 radical (unpaired) electrons. The van der Waals surface area contributed by atoms with Gasteiger partial charge in [-0.1, -0.05) is 54.1 Å². The first-order valence-electron chi connectivity index (χ1n) is 12.7. The summed E-state index contributed by atoms with van der Waals surface area (Å²) in [6.45, 7) is 1.03. The van der Waals surface area contributed by atoms with E-state index in [1.165, 1.54) is 4.90 Å². The third-order valence-corrected chi connectivity index (χ3v) is 8.06. The van der Waals surface area contributed by atoms with E-state index in [2.05, 4.69) is 0 Å². The Morgan fingerprint density at radius 2 is 1.71 bits per heavy atom. The highest BCUT2D eigenvalue weighted by Crippen LogP contribution is 2.53. The van der Waals surface area contributed by atoms with Gasteiger partial charge in [-0.15, -0.1) is 0 Å². The summed E-state index contributed by atoms with van der Waals surface area (Å²) < 4.78 is 12.0. The lowest BCUT2D eigenvalue weighted by molar-refractivity contribution is -0.126. The lowest BCUT2D eigenvalue weighted by Crippen LogP contribution is -2.55. The first-order valence-corrected chi connectivity index (χ1v) is 13.0. The van der Waals surface area contributed by atoms with E-state index in [1.807, 2.05) is 36.4 Å². The highest BCUT2D eigenvalue weighted by atomic mass is 35.5. The number of hydrogen-bond donors (Lipinski definition) is 0. The predicted octanol–water partition coefficient (Wildman–Crippen LogP) is 4.87. The normalized spacial score (nSPS) is 22.1. The molecule has 0 bridgehead atoms. The number of ether oxygens (including phenoxy) is 1. The van der Waals surface area contributed by atoms with Crippen LogP contribution in [0.3, 0.4) is 0 Å². The summed E-state index contributed by atoms with van der Waals surface area (Å²) in [5.74, 6) is -0.917. The second-order valence-corrected chi connectivity index (χ2v) is 10.4. The van der Waals surface area contributed by atoms with Crippen molar-refractivity contribution in [1.82, 2.24) is 4.90 Å². The fourth-order valence-corrected chi connectivity index (χ4v) is 6.24. The Hall–Kier alpha value is -3.94. The Bertz CT molecular complexity index is 1670. The van der Waals surface area contributed by atoms with Gasteiger partial charge in [-0.05, 0) is 48.7 Å². The standard InChI is InChI=1S/C30H23ClN2O5/c31-19-13-11-18(12-14-19)16-32-23-9-3-2-8-22(23)30(29(32)36)25-26(34)21-7-1-4-10-24(21)38-27(25)28(35)33(30)17-20-6-5-15-37-20/h1-4,7-14,20H,5-6,15-17H2. The molecule has 2 amide bonds. The Balaban J connectivity index is 1.48. The lowest BCUT2D eigenvalue weighted by atomic mass is 9.83. The number of amides is 2. The maximum atomic E-state index is 14.7. The van der Waals surface area contributed by atoms with E-state index in [0.29, 0.717) is 33.8 Å². The lowest BCUT2D eigenvalue weighted by Gasteiger charge is -2.35. The summed E-state index contributed by atoms with van der Waals surface area (Å²) in [7, 11) is 0. The van der Waals surface area contributed by atoms with Crippen molar-refractivity contribution in [3.05, 3.63) is 110 Å². The molecule has 4 aromatic rings. The number of fused-ring (bicyclic) bond motifs is 5. The zero-order chi connectivity index (χ0) is 26.0. The molecule has 38 heavy (non-hydrogen) atoms. The van der Waals surface area contributed by atoms with Crippen LogP contribution in [0.15, 0.2) is 82.0 Å². The van der Waals surface area contributed by atoms with Crippen molar-refractivity contribution in [2.75, 3.05) is 18.1 Å². The number of hydrogen-bond acceptors (Lipinski definition) is 5. The number of benzene rings is 3. The average Bonchev–Trinajstić information content (AvgIpc) is 3.60. The van der Waals surface area contributed by atoms with Crippen molar-refractivity contribution in [3.8, 4) is 0 Å². The Labute approximate surface area is 223 Å². The molecule has 4 heterocycles. The van der Waals surface area contributed by atoms with Crippen molar-refractivity contribution in [1.29, 1.82) is 0 Å². The molecule has 1 aromatic heterocycles. The molecule has 1 saturated heterocycles. The SMILES string of the molecule is O=C1c2oc3ccccc3c(=O)c2C2(C(=O)N(Cc3ccc(Cl)cc3)c3ccccc32)N1CC1CCCO1. The summed E-state index contributed by atoms with van der Waals surface area (Å²) in [5.41, 5.74) is 0.485. The third-order valence-electron chi connectivity index (χ3n) is 7.81. The van der Waals surface area contributed by atoms with Crippen LogP contribution in [-0.4, -0.2) is 36.0 Å². The molecule has 190 valence electrons. The minimum Gasteiger partial charge on any atom is -0.450 e. The van der Waals surface area contributed by atoms with E-state index in [4.69, 9.17) is 20.8 Å². The van der Waals surface area contributed by atoms with E-state index >= 15 is 0 Å². The van der Waals surface area contributed by atoms with Crippen LogP contribution in [0.25, 0.3) is 11.0 Å². The molecular formula is C30H23ClN2O5. The molecule has 2 unspecified atom stereocenters. The third kappa shape index (κ3) is 3.15. The largest absolute Gasteiger partial charge is 0.450 e. The summed E-state index contributed by atoms with van der Waals surface area (Å²) in [6.07, 6.45) is 1.41. The van der Waals surface area contributed by atoms with Crippen LogP contribution in [0.2, 0.25) is 5.02 Å². The summed E-state index contributed by atoms with van der Waals surface area (Å²) in [6, 6.07) is 21.5. The molecule has 3 aromatic carbocycles. The maximum Gasteiger partial charge on any atom is 0.291 e. The van der Waals surface area contributed by atoms with Crippen molar-refractivity contribution in [2.24, 2.45) is 0 Å². The fourth-order valence-electron chi connectivity index (χ4n) is 6.11. The summed E-state index contributed by atoms with van der Waals surface area (Å²) in [5, 5.41) is 0.930. The van der Waals surface area contributed by atoms with E-state index < -0.39 is 11.4 Å². The number of anilines is 1. The van der Waals surface area contributed by atoms with Crippen molar-refractivity contribution in [2.45, 2.75) is 31.0 Å². The number of nitrogens with zero attached hydrogens (tertiary/aromatic N) is 2. The second-order valence-electron chi connectivity index (χ2n) is 9.93. The monoisotopic (exact) mass is 526 g/mol. The number of carbonyl (C=O) groups is 2. The van der Waals surface area contributed by atoms with Gasteiger partial charge in [0.25, 0.3) is 11.8 Å². The van der Waals surface area contributed by atoms with E-state index in [1.54, 1.807) is 41.3 Å². The number of carbonyl (C=O) groups excluding carboxylic acids is 2. The molecule has 0 saturated carbocycles. The van der Waals surface area contributed by atoms with Gasteiger partial charge in [0.2, 0.25) is 5.76 Å². The van der Waals surface area contributed by atoms with Crippen LogP contribution in [0, 0.1) is 0 Å². The molecule has 3 aliphatic rings. The number of para-hydroxylation sites is 2. The van der Waals surface area contributed by atoms with Gasteiger partial charge in [-0.25, -0.2) is 0 Å². The van der Waals surface area contributed by atoms with Gasteiger partial charge in [0.05, 0.1) is 29.3 Å². The molecule has 2 atom stereocenters. The Morgan fingerprint density at radius 3 is 2.50 bits per heavy atom. The highest BCUT2D eigenvalue weighted by Gasteiger charge is 2.65. The van der Waals surface area contributed by atoms with Gasteiger partial charge >= 0.3 is 0 Å². The van der Waals surface area contributed by atoms with Crippen LogP contribution in [0.1, 0.15) is 40.1 Å². The summed E-state index contributed by atoms with van der Waals surface area (Å²) >= 11 is 6.09. The zero-order valence-corrected chi connectivity index (χ0v) is 21.1. The van der Waals surface area contributed by atoms with E-state index in [-0.39, 0.29) is 41.9 Å². The van der Waals surface area contributed by atoms with Gasteiger partial charge < -0.3 is 19.0 Å². The first kappa shape index (κ1) is 23.2. The van der Waals surface area contributed by atoms with E-state index in [0.717, 1.165) is 18.4 Å². The molecule has 1 spiro atoms. The molecule has 7 rings (SSSR count). The molecule has 0 aliphatic carbocycles. The Morgan fingerprint density at radius 1 is 0.947 bits per heavy atom. The second kappa shape index (κ2) is 8.55.